The van der Waals surface area contributed by atoms with E-state index < -0.39 is 0 Å². The van der Waals surface area contributed by atoms with Gasteiger partial charge in [-0.15, -0.1) is 0 Å². The van der Waals surface area contributed by atoms with E-state index in [1.165, 1.54) is 6.42 Å². The lowest BCUT2D eigenvalue weighted by Crippen LogP contribution is -2.19. The van der Waals surface area contributed by atoms with Gasteiger partial charge >= 0.3 is 0 Å². The molecule has 0 saturated heterocycles. The minimum absolute atomic E-state index is 0.777. The van der Waals surface area contributed by atoms with Gasteiger partial charge in [-0.3, -0.25) is 0 Å². The zero-order valence-corrected chi connectivity index (χ0v) is 13.6. The molecule has 1 heterocycles. The second-order valence-corrected chi connectivity index (χ2v) is 5.27. The van der Waals surface area contributed by atoms with Gasteiger partial charge in [-0.05, 0) is 37.1 Å². The Morgan fingerprint density at radius 3 is 2.43 bits per heavy atom. The number of rotatable bonds is 6. The summed E-state index contributed by atoms with van der Waals surface area (Å²) in [7, 11) is 5.43. The molecule has 0 N–H and O–H groups in total. The van der Waals surface area contributed by atoms with Gasteiger partial charge < -0.3 is 14.4 Å². The summed E-state index contributed by atoms with van der Waals surface area (Å²) in [5, 5.41) is 1.02. The van der Waals surface area contributed by atoms with Crippen molar-refractivity contribution in [2.45, 2.75) is 26.7 Å². The standard InChI is InChI=1S/C17H24N2O2/c1-6-7-10-19(3)15-11-12(2)16-13(20-4)8-9-14(21-5)17(16)18-15/h8-9,11H,6-7,10H2,1-5H3. The third-order valence-electron chi connectivity index (χ3n) is 3.75. The molecule has 0 aliphatic carbocycles. The lowest BCUT2D eigenvalue weighted by Gasteiger charge is -2.20. The highest BCUT2D eigenvalue weighted by atomic mass is 16.5. The monoisotopic (exact) mass is 288 g/mol. The number of nitrogens with zero attached hydrogens (tertiary/aromatic N) is 2. The Morgan fingerprint density at radius 1 is 1.14 bits per heavy atom. The van der Waals surface area contributed by atoms with Crippen molar-refractivity contribution in [2.24, 2.45) is 0 Å². The number of methoxy groups -OCH3 is 2. The topological polar surface area (TPSA) is 34.6 Å². The van der Waals surface area contributed by atoms with E-state index in [1.54, 1.807) is 14.2 Å². The number of pyridine rings is 1. The Labute approximate surface area is 126 Å². The average Bonchev–Trinajstić information content (AvgIpc) is 2.51. The fourth-order valence-corrected chi connectivity index (χ4v) is 2.50. The minimum Gasteiger partial charge on any atom is -0.496 e. The third-order valence-corrected chi connectivity index (χ3v) is 3.75. The van der Waals surface area contributed by atoms with Crippen LogP contribution >= 0.6 is 0 Å². The van der Waals surface area contributed by atoms with Crippen molar-refractivity contribution in [1.82, 2.24) is 4.98 Å². The fourth-order valence-electron chi connectivity index (χ4n) is 2.50. The average molecular weight is 288 g/mol. The van der Waals surface area contributed by atoms with Crippen LogP contribution in [0.5, 0.6) is 11.5 Å². The molecule has 0 unspecified atom stereocenters. The van der Waals surface area contributed by atoms with E-state index in [9.17, 15) is 0 Å². The molecule has 0 fully saturated rings. The molecule has 4 nitrogen and oxygen atoms in total. The predicted octanol–water partition coefficient (Wildman–Crippen LogP) is 3.80. The fraction of sp³-hybridized carbons (Fsp3) is 0.471. The molecule has 2 aromatic rings. The number of anilines is 1. The second-order valence-electron chi connectivity index (χ2n) is 5.27. The predicted molar refractivity (Wildman–Crippen MR) is 87.8 cm³/mol. The van der Waals surface area contributed by atoms with E-state index in [2.05, 4.69) is 31.9 Å². The number of hydrogen-bond acceptors (Lipinski definition) is 4. The first-order valence-corrected chi connectivity index (χ1v) is 7.35. The summed E-state index contributed by atoms with van der Waals surface area (Å²) in [4.78, 5) is 6.98. The minimum atomic E-state index is 0.777. The van der Waals surface area contributed by atoms with Crippen molar-refractivity contribution < 1.29 is 9.47 Å². The lowest BCUT2D eigenvalue weighted by atomic mass is 10.1. The van der Waals surface area contributed by atoms with Crippen molar-refractivity contribution >= 4 is 16.7 Å². The van der Waals surface area contributed by atoms with Crippen molar-refractivity contribution in [2.75, 3.05) is 32.7 Å². The number of benzene rings is 1. The zero-order chi connectivity index (χ0) is 15.4. The molecule has 0 saturated carbocycles. The van der Waals surface area contributed by atoms with Gasteiger partial charge in [-0.25, -0.2) is 4.98 Å². The summed E-state index contributed by atoms with van der Waals surface area (Å²) < 4.78 is 10.9. The van der Waals surface area contributed by atoms with Gasteiger partial charge in [0, 0.05) is 19.0 Å². The largest absolute Gasteiger partial charge is 0.496 e. The molecule has 114 valence electrons. The van der Waals surface area contributed by atoms with Crippen LogP contribution < -0.4 is 14.4 Å². The normalized spacial score (nSPS) is 10.7. The number of aromatic nitrogens is 1. The zero-order valence-electron chi connectivity index (χ0n) is 13.6. The van der Waals surface area contributed by atoms with Crippen molar-refractivity contribution in [3.05, 3.63) is 23.8 Å². The van der Waals surface area contributed by atoms with Crippen LogP contribution in [-0.4, -0.2) is 32.8 Å². The smallest absolute Gasteiger partial charge is 0.145 e. The van der Waals surface area contributed by atoms with Crippen LogP contribution in [0, 0.1) is 6.92 Å². The van der Waals surface area contributed by atoms with Crippen LogP contribution in [-0.2, 0) is 0 Å². The number of fused-ring (bicyclic) bond motifs is 1. The molecule has 4 heteroatoms. The second kappa shape index (κ2) is 6.66. The summed E-state index contributed by atoms with van der Waals surface area (Å²) in [6.07, 6.45) is 2.33. The van der Waals surface area contributed by atoms with Gasteiger partial charge in [0.25, 0.3) is 0 Å². The van der Waals surface area contributed by atoms with E-state index in [-0.39, 0.29) is 0 Å². The van der Waals surface area contributed by atoms with Gasteiger partial charge in [-0.1, -0.05) is 13.3 Å². The molecule has 0 bridgehead atoms. The molecule has 1 aromatic heterocycles. The van der Waals surface area contributed by atoms with Crippen LogP contribution in [0.4, 0.5) is 5.82 Å². The third kappa shape index (κ3) is 3.04. The first-order chi connectivity index (χ1) is 10.1. The molecule has 1 aromatic carbocycles. The Balaban J connectivity index is 2.58. The number of hydrogen-bond donors (Lipinski definition) is 0. The van der Waals surface area contributed by atoms with Crippen molar-refractivity contribution in [1.29, 1.82) is 0 Å². The maximum atomic E-state index is 5.46. The summed E-state index contributed by atoms with van der Waals surface area (Å²) in [5.74, 6) is 2.58. The summed E-state index contributed by atoms with van der Waals surface area (Å²) in [5.41, 5.74) is 2.00. The number of aryl methyl sites for hydroxylation is 1. The molecular weight excluding hydrogens is 264 g/mol. The first kappa shape index (κ1) is 15.4. The molecular formula is C17H24N2O2. The van der Waals surface area contributed by atoms with E-state index in [1.807, 2.05) is 12.1 Å². The van der Waals surface area contributed by atoms with Gasteiger partial charge in [0.05, 0.1) is 14.2 Å². The Morgan fingerprint density at radius 2 is 1.81 bits per heavy atom. The van der Waals surface area contributed by atoms with Gasteiger partial charge in [0.1, 0.15) is 22.8 Å². The molecule has 0 aliphatic rings. The molecule has 0 radical (unpaired) electrons. The van der Waals surface area contributed by atoms with Crippen LogP contribution in [0.2, 0.25) is 0 Å². The molecule has 0 atom stereocenters. The van der Waals surface area contributed by atoms with Crippen LogP contribution in [0.3, 0.4) is 0 Å². The molecule has 0 amide bonds. The van der Waals surface area contributed by atoms with Crippen molar-refractivity contribution in [3.63, 3.8) is 0 Å². The van der Waals surface area contributed by atoms with E-state index in [4.69, 9.17) is 14.5 Å². The highest BCUT2D eigenvalue weighted by Gasteiger charge is 2.14. The molecule has 2 rings (SSSR count). The Hall–Kier alpha value is -1.97. The maximum absolute atomic E-state index is 5.46. The Kier molecular flexibility index (Phi) is 4.89. The highest BCUT2D eigenvalue weighted by molar-refractivity contribution is 5.94. The first-order valence-electron chi connectivity index (χ1n) is 7.35. The van der Waals surface area contributed by atoms with Crippen LogP contribution in [0.25, 0.3) is 10.9 Å². The van der Waals surface area contributed by atoms with E-state index in [0.29, 0.717) is 0 Å². The summed E-state index contributed by atoms with van der Waals surface area (Å²) in [6, 6.07) is 5.94. The van der Waals surface area contributed by atoms with E-state index in [0.717, 1.165) is 46.7 Å². The van der Waals surface area contributed by atoms with Crippen molar-refractivity contribution in [3.8, 4) is 11.5 Å². The van der Waals surface area contributed by atoms with E-state index >= 15 is 0 Å². The summed E-state index contributed by atoms with van der Waals surface area (Å²) in [6.45, 7) is 5.28. The molecule has 21 heavy (non-hydrogen) atoms. The number of unbranched alkanes of at least 4 members (excludes halogenated alkanes) is 1. The Bertz CT molecular complexity index is 626. The highest BCUT2D eigenvalue weighted by Crippen LogP contribution is 2.35. The van der Waals surface area contributed by atoms with Gasteiger partial charge in [-0.2, -0.15) is 0 Å². The maximum Gasteiger partial charge on any atom is 0.145 e. The molecule has 0 aliphatic heterocycles. The quantitative estimate of drug-likeness (QED) is 0.810. The molecule has 0 spiro atoms. The number of ether oxygens (including phenoxy) is 2. The van der Waals surface area contributed by atoms with Crippen LogP contribution in [0.15, 0.2) is 18.2 Å². The van der Waals surface area contributed by atoms with Gasteiger partial charge in [0.2, 0.25) is 0 Å². The summed E-state index contributed by atoms with van der Waals surface area (Å²) >= 11 is 0. The SMILES string of the molecule is CCCCN(C)c1cc(C)c2c(OC)ccc(OC)c2n1. The van der Waals surface area contributed by atoms with Gasteiger partial charge in [0.15, 0.2) is 0 Å². The lowest BCUT2D eigenvalue weighted by molar-refractivity contribution is 0.409. The van der Waals surface area contributed by atoms with Crippen LogP contribution in [0.1, 0.15) is 25.3 Å².